The molecule has 2 amide bonds. The zero-order chi connectivity index (χ0) is 16.0. The monoisotopic (exact) mass is 291 g/mol. The van der Waals surface area contributed by atoms with Crippen molar-refractivity contribution >= 4 is 17.5 Å². The minimum atomic E-state index is -0.494. The van der Waals surface area contributed by atoms with Crippen LogP contribution in [0.5, 0.6) is 0 Å². The maximum absolute atomic E-state index is 12.0. The summed E-state index contributed by atoms with van der Waals surface area (Å²) in [6.45, 7) is 7.43. The summed E-state index contributed by atoms with van der Waals surface area (Å²) in [6, 6.07) is 6.75. The van der Waals surface area contributed by atoms with Gasteiger partial charge < -0.3 is 16.4 Å². The quantitative estimate of drug-likeness (QED) is 0.751. The van der Waals surface area contributed by atoms with Gasteiger partial charge in [-0.2, -0.15) is 0 Å². The highest BCUT2D eigenvalue weighted by Crippen LogP contribution is 2.17. The standard InChI is InChI=1S/C16H25N3O2/c1-10(2)8-15(17)16(21)18-11(3)13-6-5-7-14(9-13)19-12(4)20/h5-7,9-11,15H,8,17H2,1-4H3,(H,18,21)(H,19,20). The molecule has 0 saturated heterocycles. The first kappa shape index (κ1) is 17.2. The van der Waals surface area contributed by atoms with Crippen LogP contribution in [-0.4, -0.2) is 17.9 Å². The van der Waals surface area contributed by atoms with Gasteiger partial charge in [0.05, 0.1) is 12.1 Å². The number of carbonyl (C=O) groups is 2. The van der Waals surface area contributed by atoms with Crippen LogP contribution in [0.3, 0.4) is 0 Å². The minimum absolute atomic E-state index is 0.122. The predicted octanol–water partition coefficient (Wildman–Crippen LogP) is 2.20. The van der Waals surface area contributed by atoms with Gasteiger partial charge in [-0.3, -0.25) is 9.59 Å². The highest BCUT2D eigenvalue weighted by Gasteiger charge is 2.17. The Morgan fingerprint density at radius 1 is 1.24 bits per heavy atom. The van der Waals surface area contributed by atoms with Gasteiger partial charge in [-0.25, -0.2) is 0 Å². The molecular formula is C16H25N3O2. The molecule has 0 heterocycles. The first-order valence-electron chi connectivity index (χ1n) is 7.23. The summed E-state index contributed by atoms with van der Waals surface area (Å²) in [6.07, 6.45) is 0.657. The molecule has 0 aliphatic heterocycles. The zero-order valence-electron chi connectivity index (χ0n) is 13.1. The van der Waals surface area contributed by atoms with Gasteiger partial charge >= 0.3 is 0 Å². The number of carbonyl (C=O) groups excluding carboxylic acids is 2. The zero-order valence-corrected chi connectivity index (χ0v) is 13.1. The fourth-order valence-corrected chi connectivity index (χ4v) is 2.11. The van der Waals surface area contributed by atoms with Crippen molar-refractivity contribution in [3.63, 3.8) is 0 Å². The molecule has 0 aliphatic carbocycles. The first-order chi connectivity index (χ1) is 9.79. The Kier molecular flexibility index (Phi) is 6.37. The lowest BCUT2D eigenvalue weighted by Gasteiger charge is -2.19. The molecule has 21 heavy (non-hydrogen) atoms. The van der Waals surface area contributed by atoms with Gasteiger partial charge in [0.2, 0.25) is 11.8 Å². The van der Waals surface area contributed by atoms with Crippen LogP contribution in [0.1, 0.15) is 45.7 Å². The van der Waals surface area contributed by atoms with E-state index in [1.807, 2.05) is 45.0 Å². The molecule has 1 aromatic rings. The molecule has 0 radical (unpaired) electrons. The summed E-state index contributed by atoms with van der Waals surface area (Å²) in [5, 5.41) is 5.63. The maximum atomic E-state index is 12.0. The molecular weight excluding hydrogens is 266 g/mol. The Hall–Kier alpha value is -1.88. The van der Waals surface area contributed by atoms with E-state index < -0.39 is 6.04 Å². The fourth-order valence-electron chi connectivity index (χ4n) is 2.11. The number of nitrogens with two attached hydrogens (primary N) is 1. The molecule has 0 fully saturated rings. The second kappa shape index (κ2) is 7.78. The molecule has 0 saturated carbocycles. The average Bonchev–Trinajstić information content (AvgIpc) is 2.37. The molecule has 0 aromatic heterocycles. The number of amides is 2. The number of hydrogen-bond acceptors (Lipinski definition) is 3. The molecule has 0 bridgehead atoms. The average molecular weight is 291 g/mol. The number of rotatable bonds is 6. The fraction of sp³-hybridized carbons (Fsp3) is 0.500. The molecule has 5 nitrogen and oxygen atoms in total. The summed E-state index contributed by atoms with van der Waals surface area (Å²) < 4.78 is 0. The highest BCUT2D eigenvalue weighted by atomic mass is 16.2. The molecule has 2 unspecified atom stereocenters. The molecule has 1 rings (SSSR count). The van der Waals surface area contributed by atoms with Crippen LogP contribution >= 0.6 is 0 Å². The Morgan fingerprint density at radius 2 is 1.90 bits per heavy atom. The third kappa shape index (κ3) is 5.95. The second-order valence-electron chi connectivity index (χ2n) is 5.77. The Labute approximate surface area is 126 Å². The van der Waals surface area contributed by atoms with Gasteiger partial charge in [-0.15, -0.1) is 0 Å². The number of nitrogens with one attached hydrogen (secondary N) is 2. The van der Waals surface area contributed by atoms with Crippen molar-refractivity contribution in [2.75, 3.05) is 5.32 Å². The lowest BCUT2D eigenvalue weighted by atomic mass is 10.0. The van der Waals surface area contributed by atoms with Gasteiger partial charge in [0.1, 0.15) is 0 Å². The van der Waals surface area contributed by atoms with Crippen molar-refractivity contribution in [1.29, 1.82) is 0 Å². The van der Waals surface area contributed by atoms with Crippen LogP contribution in [0, 0.1) is 5.92 Å². The molecule has 116 valence electrons. The van der Waals surface area contributed by atoms with Crippen LogP contribution in [0.2, 0.25) is 0 Å². The van der Waals surface area contributed by atoms with Crippen molar-refractivity contribution in [2.45, 2.75) is 46.2 Å². The summed E-state index contributed by atoms with van der Waals surface area (Å²) in [7, 11) is 0. The number of benzene rings is 1. The van der Waals surface area contributed by atoms with Crippen molar-refractivity contribution in [2.24, 2.45) is 11.7 Å². The van der Waals surface area contributed by atoms with Crippen molar-refractivity contribution in [3.05, 3.63) is 29.8 Å². The van der Waals surface area contributed by atoms with Crippen LogP contribution in [0.25, 0.3) is 0 Å². The van der Waals surface area contributed by atoms with E-state index in [1.165, 1.54) is 6.92 Å². The summed E-state index contributed by atoms with van der Waals surface area (Å²) >= 11 is 0. The lowest BCUT2D eigenvalue weighted by Crippen LogP contribution is -2.42. The van der Waals surface area contributed by atoms with E-state index in [0.29, 0.717) is 18.0 Å². The molecule has 0 spiro atoms. The topological polar surface area (TPSA) is 84.2 Å². The molecule has 2 atom stereocenters. The van der Waals surface area contributed by atoms with Crippen LogP contribution < -0.4 is 16.4 Å². The summed E-state index contributed by atoms with van der Waals surface area (Å²) in [5.74, 6) is 0.105. The van der Waals surface area contributed by atoms with Crippen molar-refractivity contribution < 1.29 is 9.59 Å². The maximum Gasteiger partial charge on any atom is 0.237 e. The highest BCUT2D eigenvalue weighted by molar-refractivity contribution is 5.88. The minimum Gasteiger partial charge on any atom is -0.348 e. The van der Waals surface area contributed by atoms with Gasteiger partial charge in [0, 0.05) is 12.6 Å². The van der Waals surface area contributed by atoms with E-state index in [2.05, 4.69) is 10.6 Å². The van der Waals surface area contributed by atoms with Crippen LogP contribution in [0.15, 0.2) is 24.3 Å². The van der Waals surface area contributed by atoms with E-state index in [0.717, 1.165) is 5.56 Å². The Balaban J connectivity index is 2.68. The van der Waals surface area contributed by atoms with E-state index in [9.17, 15) is 9.59 Å². The van der Waals surface area contributed by atoms with Crippen LogP contribution in [-0.2, 0) is 9.59 Å². The largest absolute Gasteiger partial charge is 0.348 e. The predicted molar refractivity (Wildman–Crippen MR) is 84.7 cm³/mol. The first-order valence-corrected chi connectivity index (χ1v) is 7.23. The third-order valence-electron chi connectivity index (χ3n) is 3.13. The van der Waals surface area contributed by atoms with Gasteiger partial charge in [0.25, 0.3) is 0 Å². The van der Waals surface area contributed by atoms with Crippen molar-refractivity contribution in [1.82, 2.24) is 5.32 Å². The second-order valence-corrected chi connectivity index (χ2v) is 5.77. The van der Waals surface area contributed by atoms with Gasteiger partial charge in [-0.05, 0) is 37.0 Å². The molecule has 4 N–H and O–H groups in total. The molecule has 5 heteroatoms. The third-order valence-corrected chi connectivity index (χ3v) is 3.13. The molecule has 0 aliphatic rings. The number of hydrogen-bond donors (Lipinski definition) is 3. The summed E-state index contributed by atoms with van der Waals surface area (Å²) in [4.78, 5) is 23.1. The Morgan fingerprint density at radius 3 is 2.48 bits per heavy atom. The lowest BCUT2D eigenvalue weighted by molar-refractivity contribution is -0.123. The summed E-state index contributed by atoms with van der Waals surface area (Å²) in [5.41, 5.74) is 7.51. The molecule has 1 aromatic carbocycles. The van der Waals surface area contributed by atoms with Gasteiger partial charge in [-0.1, -0.05) is 26.0 Å². The smallest absolute Gasteiger partial charge is 0.237 e. The van der Waals surface area contributed by atoms with E-state index >= 15 is 0 Å². The van der Waals surface area contributed by atoms with E-state index in [-0.39, 0.29) is 17.9 Å². The Bertz CT molecular complexity index is 500. The number of anilines is 1. The van der Waals surface area contributed by atoms with E-state index in [1.54, 1.807) is 0 Å². The van der Waals surface area contributed by atoms with E-state index in [4.69, 9.17) is 5.73 Å². The van der Waals surface area contributed by atoms with Crippen molar-refractivity contribution in [3.8, 4) is 0 Å². The van der Waals surface area contributed by atoms with Gasteiger partial charge in [0.15, 0.2) is 0 Å². The normalized spacial score (nSPS) is 13.6. The van der Waals surface area contributed by atoms with Crippen LogP contribution in [0.4, 0.5) is 5.69 Å². The SMILES string of the molecule is CC(=O)Nc1cccc(C(C)NC(=O)C(N)CC(C)C)c1.